The molecule has 0 aliphatic carbocycles. The number of Topliss-reactive ketones (excluding diaryl/α,β-unsaturated/α-hetero) is 1. The van der Waals surface area contributed by atoms with Crippen molar-refractivity contribution in [2.45, 2.75) is 64.8 Å². The summed E-state index contributed by atoms with van der Waals surface area (Å²) in [6, 6.07) is 0. The molecule has 0 spiro atoms. The number of thioether (sulfide) groups is 1. The van der Waals surface area contributed by atoms with Crippen LogP contribution < -0.4 is 10.6 Å². The Labute approximate surface area is 208 Å². The van der Waals surface area contributed by atoms with Crippen LogP contribution in [0, 0.1) is 5.41 Å². The molecule has 0 aromatic rings. The lowest BCUT2D eigenvalue weighted by atomic mass is 9.85. The lowest BCUT2D eigenvalue weighted by Crippen LogP contribution is -2.58. The number of carboxylic acid groups (broad SMARTS) is 1. The smallest absolute Gasteiger partial charge is 0.308 e. The van der Waals surface area contributed by atoms with E-state index >= 15 is 0 Å². The van der Waals surface area contributed by atoms with Crippen LogP contribution in [0.25, 0.3) is 0 Å². The summed E-state index contributed by atoms with van der Waals surface area (Å²) in [6.45, 7) is 5.35. The molecule has 1 fully saturated rings. The molecular formula is C22H34N2O10S. The third-order valence-electron chi connectivity index (χ3n) is 5.05. The van der Waals surface area contributed by atoms with Crippen LogP contribution in [0.3, 0.4) is 0 Å². The Bertz CT molecular complexity index is 816. The number of aliphatic carboxylic acids is 1. The molecule has 1 rings (SSSR count). The number of carbonyl (C=O) groups is 6. The first-order valence-corrected chi connectivity index (χ1v) is 12.1. The minimum absolute atomic E-state index is 0.00753. The number of methoxy groups -OCH3 is 1. The topological polar surface area (TPSA) is 174 Å². The van der Waals surface area contributed by atoms with Crippen LogP contribution in [0.5, 0.6) is 0 Å². The van der Waals surface area contributed by atoms with Crippen molar-refractivity contribution in [3.8, 4) is 0 Å². The van der Waals surface area contributed by atoms with Crippen molar-refractivity contribution < 1.29 is 48.1 Å². The van der Waals surface area contributed by atoms with Gasteiger partial charge in [-0.2, -0.15) is 0 Å². The first-order valence-electron chi connectivity index (χ1n) is 11.1. The van der Waals surface area contributed by atoms with Gasteiger partial charge in [-0.1, -0.05) is 25.6 Å². The SMILES string of the molecule is COC(=O)CCC(=O)CC(=O)SCCNC(=O)CCNC(=O)[C@@H]1OC(C)(CC(=O)O)OCC1(C)C. The maximum absolute atomic E-state index is 12.6. The number of hydrogen-bond donors (Lipinski definition) is 3. The summed E-state index contributed by atoms with van der Waals surface area (Å²) in [5, 5.41) is 13.9. The van der Waals surface area contributed by atoms with Crippen molar-refractivity contribution in [3.63, 3.8) is 0 Å². The maximum Gasteiger partial charge on any atom is 0.308 e. The van der Waals surface area contributed by atoms with Crippen molar-refractivity contribution >= 4 is 46.4 Å². The van der Waals surface area contributed by atoms with Gasteiger partial charge in [0, 0.05) is 37.1 Å². The minimum atomic E-state index is -1.43. The molecule has 0 aromatic carbocycles. The average Bonchev–Trinajstić information content (AvgIpc) is 2.76. The summed E-state index contributed by atoms with van der Waals surface area (Å²) in [7, 11) is 1.22. The summed E-state index contributed by atoms with van der Waals surface area (Å²) in [5.74, 6) is -3.95. The Kier molecular flexibility index (Phi) is 12.3. The Hall–Kier alpha value is -2.51. The highest BCUT2D eigenvalue weighted by molar-refractivity contribution is 8.13. The molecule has 2 amide bonds. The Morgan fingerprint density at radius 1 is 1.03 bits per heavy atom. The molecule has 35 heavy (non-hydrogen) atoms. The Morgan fingerprint density at radius 2 is 1.71 bits per heavy atom. The van der Waals surface area contributed by atoms with E-state index in [2.05, 4.69) is 15.4 Å². The molecule has 198 valence electrons. The van der Waals surface area contributed by atoms with Gasteiger partial charge in [-0.25, -0.2) is 0 Å². The monoisotopic (exact) mass is 518 g/mol. The molecule has 13 heteroatoms. The van der Waals surface area contributed by atoms with Gasteiger partial charge in [0.05, 0.1) is 33.0 Å². The average molecular weight is 519 g/mol. The summed E-state index contributed by atoms with van der Waals surface area (Å²) in [5.41, 5.74) is -0.700. The molecule has 3 N–H and O–H groups in total. The quantitative estimate of drug-likeness (QED) is 0.165. The third kappa shape index (κ3) is 11.6. The third-order valence-corrected chi connectivity index (χ3v) is 5.93. The van der Waals surface area contributed by atoms with Gasteiger partial charge in [0.1, 0.15) is 11.9 Å². The van der Waals surface area contributed by atoms with Gasteiger partial charge in [-0.15, -0.1) is 0 Å². The number of ketones is 1. The molecule has 1 heterocycles. The molecule has 2 atom stereocenters. The number of carbonyl (C=O) groups excluding carboxylic acids is 5. The summed E-state index contributed by atoms with van der Waals surface area (Å²) in [6.07, 6.45) is -1.81. The lowest BCUT2D eigenvalue weighted by Gasteiger charge is -2.45. The van der Waals surface area contributed by atoms with E-state index in [1.54, 1.807) is 13.8 Å². The van der Waals surface area contributed by atoms with Crippen molar-refractivity contribution in [2.24, 2.45) is 5.41 Å². The van der Waals surface area contributed by atoms with Gasteiger partial charge in [0.25, 0.3) is 0 Å². The minimum Gasteiger partial charge on any atom is -0.481 e. The molecular weight excluding hydrogens is 484 g/mol. The number of rotatable bonds is 14. The molecule has 1 aliphatic heterocycles. The van der Waals surface area contributed by atoms with Crippen LogP contribution in [0.2, 0.25) is 0 Å². The Balaban J connectivity index is 2.29. The van der Waals surface area contributed by atoms with E-state index in [0.29, 0.717) is 0 Å². The first-order chi connectivity index (χ1) is 16.3. The molecule has 1 aliphatic rings. The number of ether oxygens (including phenoxy) is 3. The van der Waals surface area contributed by atoms with Gasteiger partial charge >= 0.3 is 11.9 Å². The number of carboxylic acids is 1. The fourth-order valence-corrected chi connectivity index (χ4v) is 3.81. The normalized spacial score (nSPS) is 21.0. The number of amides is 2. The standard InChI is InChI=1S/C22H34N2O10S/c1-21(2)13-33-22(3,12-16(27)28)34-19(21)20(31)24-8-7-15(26)23-9-10-35-18(30)11-14(25)5-6-17(29)32-4/h19H,5-13H2,1-4H3,(H,23,26)(H,24,31)(H,27,28)/t19-,22?/m0/s1. The maximum atomic E-state index is 12.6. The second-order valence-corrected chi connectivity index (χ2v) is 10.0. The highest BCUT2D eigenvalue weighted by Gasteiger charge is 2.48. The van der Waals surface area contributed by atoms with Crippen LogP contribution in [0.1, 0.15) is 52.9 Å². The summed E-state index contributed by atoms with van der Waals surface area (Å²) < 4.78 is 15.6. The Morgan fingerprint density at radius 3 is 2.34 bits per heavy atom. The van der Waals surface area contributed by atoms with E-state index in [-0.39, 0.29) is 67.9 Å². The van der Waals surface area contributed by atoms with E-state index < -0.39 is 41.6 Å². The lowest BCUT2D eigenvalue weighted by molar-refractivity contribution is -0.313. The fourth-order valence-electron chi connectivity index (χ4n) is 3.11. The zero-order valence-corrected chi connectivity index (χ0v) is 21.3. The van der Waals surface area contributed by atoms with Crippen molar-refractivity contribution in [1.82, 2.24) is 10.6 Å². The van der Waals surface area contributed by atoms with Crippen LogP contribution in [0.15, 0.2) is 0 Å². The van der Waals surface area contributed by atoms with E-state index in [4.69, 9.17) is 14.6 Å². The van der Waals surface area contributed by atoms with Crippen molar-refractivity contribution in [3.05, 3.63) is 0 Å². The fraction of sp³-hybridized carbons (Fsp3) is 0.727. The van der Waals surface area contributed by atoms with Gasteiger partial charge in [0.2, 0.25) is 11.8 Å². The summed E-state index contributed by atoms with van der Waals surface area (Å²) in [4.78, 5) is 70.1. The number of nitrogens with one attached hydrogen (secondary N) is 2. The van der Waals surface area contributed by atoms with Gasteiger partial charge in [-0.05, 0) is 6.92 Å². The van der Waals surface area contributed by atoms with Gasteiger partial charge in [-0.3, -0.25) is 28.8 Å². The highest BCUT2D eigenvalue weighted by atomic mass is 32.2. The second-order valence-electron chi connectivity index (χ2n) is 8.88. The van der Waals surface area contributed by atoms with Crippen LogP contribution >= 0.6 is 11.8 Å². The van der Waals surface area contributed by atoms with E-state index in [1.165, 1.54) is 14.0 Å². The molecule has 1 unspecified atom stereocenters. The first kappa shape index (κ1) is 30.5. The van der Waals surface area contributed by atoms with Gasteiger partial charge < -0.3 is 30.0 Å². The van der Waals surface area contributed by atoms with Crippen LogP contribution in [-0.2, 0) is 43.0 Å². The highest BCUT2D eigenvalue weighted by Crippen LogP contribution is 2.36. The van der Waals surface area contributed by atoms with Crippen molar-refractivity contribution in [2.75, 3.05) is 32.6 Å². The van der Waals surface area contributed by atoms with E-state index in [0.717, 1.165) is 11.8 Å². The molecule has 0 saturated carbocycles. The summed E-state index contributed by atoms with van der Waals surface area (Å²) >= 11 is 0.907. The zero-order chi connectivity index (χ0) is 26.6. The van der Waals surface area contributed by atoms with Crippen LogP contribution in [0.4, 0.5) is 0 Å². The van der Waals surface area contributed by atoms with E-state index in [1.807, 2.05) is 0 Å². The van der Waals surface area contributed by atoms with Crippen LogP contribution in [-0.4, -0.2) is 84.2 Å². The molecule has 0 radical (unpaired) electrons. The zero-order valence-electron chi connectivity index (χ0n) is 20.5. The predicted molar refractivity (Wildman–Crippen MR) is 124 cm³/mol. The number of esters is 1. The second kappa shape index (κ2) is 14.1. The largest absolute Gasteiger partial charge is 0.481 e. The molecule has 0 aromatic heterocycles. The van der Waals surface area contributed by atoms with Crippen molar-refractivity contribution in [1.29, 1.82) is 0 Å². The molecule has 12 nitrogen and oxygen atoms in total. The van der Waals surface area contributed by atoms with Gasteiger partial charge in [0.15, 0.2) is 10.9 Å². The van der Waals surface area contributed by atoms with E-state index in [9.17, 15) is 28.8 Å². The molecule has 0 bridgehead atoms. The number of hydrogen-bond acceptors (Lipinski definition) is 10. The predicted octanol–water partition coefficient (Wildman–Crippen LogP) is 0.414. The molecule has 1 saturated heterocycles.